The molecule has 0 unspecified atom stereocenters. The van der Waals surface area contributed by atoms with Gasteiger partial charge in [-0.2, -0.15) is 0 Å². The van der Waals surface area contributed by atoms with E-state index in [0.29, 0.717) is 0 Å². The van der Waals surface area contributed by atoms with Crippen molar-refractivity contribution in [3.8, 4) is 0 Å². The lowest BCUT2D eigenvalue weighted by Crippen LogP contribution is -2.37. The Labute approximate surface area is 100 Å². The van der Waals surface area contributed by atoms with Crippen molar-refractivity contribution in [2.45, 2.75) is 13.8 Å². The van der Waals surface area contributed by atoms with Gasteiger partial charge in [0, 0.05) is 25.5 Å². The second kappa shape index (κ2) is 4.00. The topological polar surface area (TPSA) is 42.7 Å². The molecule has 0 spiro atoms. The Morgan fingerprint density at radius 1 is 1.06 bits per heavy atom. The van der Waals surface area contributed by atoms with Gasteiger partial charge in [-0.1, -0.05) is 0 Å². The van der Waals surface area contributed by atoms with Crippen molar-refractivity contribution >= 4 is 11.5 Å². The van der Waals surface area contributed by atoms with E-state index in [9.17, 15) is 0 Å². The average Bonchev–Trinajstić information content (AvgIpc) is 2.69. The smallest absolute Gasteiger partial charge is 0.180 e. The largest absolute Gasteiger partial charge is 0.378 e. The molecule has 1 fully saturated rings. The van der Waals surface area contributed by atoms with E-state index in [1.807, 2.05) is 26.2 Å². The van der Waals surface area contributed by atoms with Crippen LogP contribution in [0, 0.1) is 13.8 Å². The number of nitrogens with zero attached hydrogens (tertiary/aromatic N) is 4. The number of imidazole rings is 1. The second-order valence-electron chi connectivity index (χ2n) is 4.42. The molecule has 3 heterocycles. The molecule has 17 heavy (non-hydrogen) atoms. The Balaban J connectivity index is 2.12. The van der Waals surface area contributed by atoms with Gasteiger partial charge in [0.1, 0.15) is 0 Å². The molecule has 0 aromatic carbocycles. The molecule has 0 bridgehead atoms. The summed E-state index contributed by atoms with van der Waals surface area (Å²) in [4.78, 5) is 11.4. The minimum Gasteiger partial charge on any atom is -0.378 e. The highest BCUT2D eigenvalue weighted by molar-refractivity contribution is 5.65. The molecule has 1 aliphatic rings. The molecule has 0 saturated carbocycles. The highest BCUT2D eigenvalue weighted by atomic mass is 16.5. The van der Waals surface area contributed by atoms with Gasteiger partial charge in [0.05, 0.1) is 24.6 Å². The monoisotopic (exact) mass is 232 g/mol. The number of anilines is 1. The van der Waals surface area contributed by atoms with Crippen LogP contribution in [-0.2, 0) is 4.74 Å². The standard InChI is InChI=1S/C12H16N4O/c1-9-7-16-8-10(2)14-12(16)11(13-9)15-3-5-17-6-4-15/h7-8H,3-6H2,1-2H3. The van der Waals surface area contributed by atoms with Crippen LogP contribution in [0.1, 0.15) is 11.4 Å². The van der Waals surface area contributed by atoms with E-state index in [0.717, 1.165) is 49.2 Å². The lowest BCUT2D eigenvalue weighted by Gasteiger charge is -2.28. The lowest BCUT2D eigenvalue weighted by molar-refractivity contribution is 0.122. The first-order valence-corrected chi connectivity index (χ1v) is 5.90. The summed E-state index contributed by atoms with van der Waals surface area (Å²) in [5.41, 5.74) is 2.97. The number of aryl methyl sites for hydroxylation is 2. The minimum atomic E-state index is 0.765. The fraction of sp³-hybridized carbons (Fsp3) is 0.500. The summed E-state index contributed by atoms with van der Waals surface area (Å²) in [7, 11) is 0. The van der Waals surface area contributed by atoms with E-state index < -0.39 is 0 Å². The van der Waals surface area contributed by atoms with Crippen LogP contribution in [0.4, 0.5) is 5.82 Å². The number of hydrogen-bond donors (Lipinski definition) is 0. The summed E-state index contributed by atoms with van der Waals surface area (Å²) >= 11 is 0. The van der Waals surface area contributed by atoms with E-state index >= 15 is 0 Å². The fourth-order valence-corrected chi connectivity index (χ4v) is 2.21. The van der Waals surface area contributed by atoms with Gasteiger partial charge >= 0.3 is 0 Å². The fourth-order valence-electron chi connectivity index (χ4n) is 2.21. The third-order valence-corrected chi connectivity index (χ3v) is 2.97. The van der Waals surface area contributed by atoms with Gasteiger partial charge in [0.2, 0.25) is 0 Å². The third kappa shape index (κ3) is 1.86. The number of fused-ring (bicyclic) bond motifs is 1. The van der Waals surface area contributed by atoms with Crippen molar-refractivity contribution in [1.29, 1.82) is 0 Å². The first-order chi connectivity index (χ1) is 8.24. The maximum atomic E-state index is 5.37. The summed E-state index contributed by atoms with van der Waals surface area (Å²) in [6.45, 7) is 7.32. The molecule has 1 saturated heterocycles. The van der Waals surface area contributed by atoms with Crippen LogP contribution in [0.25, 0.3) is 5.65 Å². The average molecular weight is 232 g/mol. The highest BCUT2D eigenvalue weighted by Crippen LogP contribution is 2.20. The van der Waals surface area contributed by atoms with Gasteiger partial charge in [-0.3, -0.25) is 0 Å². The molecule has 1 aliphatic heterocycles. The molecular formula is C12H16N4O. The molecular weight excluding hydrogens is 216 g/mol. The number of rotatable bonds is 1. The predicted molar refractivity (Wildman–Crippen MR) is 65.5 cm³/mol. The Morgan fingerprint density at radius 2 is 1.71 bits per heavy atom. The molecule has 5 nitrogen and oxygen atoms in total. The van der Waals surface area contributed by atoms with E-state index in [4.69, 9.17) is 4.74 Å². The summed E-state index contributed by atoms with van der Waals surface area (Å²) in [5, 5.41) is 0. The number of aromatic nitrogens is 3. The molecule has 2 aromatic heterocycles. The quantitative estimate of drug-likeness (QED) is 0.740. The maximum absolute atomic E-state index is 5.37. The molecule has 0 N–H and O–H groups in total. The van der Waals surface area contributed by atoms with Crippen LogP contribution >= 0.6 is 0 Å². The van der Waals surface area contributed by atoms with Crippen LogP contribution < -0.4 is 4.90 Å². The van der Waals surface area contributed by atoms with Crippen molar-refractivity contribution in [3.63, 3.8) is 0 Å². The minimum absolute atomic E-state index is 0.765. The van der Waals surface area contributed by atoms with E-state index in [1.165, 1.54) is 0 Å². The lowest BCUT2D eigenvalue weighted by atomic mass is 10.4. The van der Waals surface area contributed by atoms with Crippen molar-refractivity contribution in [1.82, 2.24) is 14.4 Å². The van der Waals surface area contributed by atoms with Gasteiger partial charge < -0.3 is 14.0 Å². The summed E-state index contributed by atoms with van der Waals surface area (Å²) < 4.78 is 7.43. The normalized spacial score (nSPS) is 16.7. The molecule has 90 valence electrons. The maximum Gasteiger partial charge on any atom is 0.180 e. The summed E-state index contributed by atoms with van der Waals surface area (Å²) in [6, 6.07) is 0. The van der Waals surface area contributed by atoms with Crippen molar-refractivity contribution < 1.29 is 4.74 Å². The Bertz CT molecular complexity index is 543. The van der Waals surface area contributed by atoms with E-state index in [2.05, 4.69) is 19.3 Å². The molecule has 3 rings (SSSR count). The molecule has 5 heteroatoms. The third-order valence-electron chi connectivity index (χ3n) is 2.97. The zero-order valence-corrected chi connectivity index (χ0v) is 10.2. The van der Waals surface area contributed by atoms with Gasteiger partial charge in [-0.25, -0.2) is 9.97 Å². The van der Waals surface area contributed by atoms with Crippen LogP contribution in [0.2, 0.25) is 0 Å². The Hall–Kier alpha value is -1.62. The van der Waals surface area contributed by atoms with Crippen molar-refractivity contribution in [2.75, 3.05) is 31.2 Å². The number of hydrogen-bond acceptors (Lipinski definition) is 4. The van der Waals surface area contributed by atoms with Crippen LogP contribution in [0.15, 0.2) is 12.4 Å². The van der Waals surface area contributed by atoms with Gasteiger partial charge in [-0.15, -0.1) is 0 Å². The second-order valence-corrected chi connectivity index (χ2v) is 4.42. The number of morpholine rings is 1. The molecule has 0 radical (unpaired) electrons. The molecule has 0 atom stereocenters. The van der Waals surface area contributed by atoms with Crippen LogP contribution in [0.3, 0.4) is 0 Å². The zero-order chi connectivity index (χ0) is 11.8. The first-order valence-electron chi connectivity index (χ1n) is 5.90. The molecule has 2 aromatic rings. The first kappa shape index (κ1) is 10.5. The number of ether oxygens (including phenoxy) is 1. The van der Waals surface area contributed by atoms with E-state index in [-0.39, 0.29) is 0 Å². The van der Waals surface area contributed by atoms with Gasteiger partial charge in [0.15, 0.2) is 11.5 Å². The molecule has 0 amide bonds. The Kier molecular flexibility index (Phi) is 2.48. The van der Waals surface area contributed by atoms with Crippen LogP contribution in [-0.4, -0.2) is 40.7 Å². The Morgan fingerprint density at radius 3 is 2.41 bits per heavy atom. The SMILES string of the molecule is Cc1cn2cc(C)nc2c(N2CCOCC2)n1. The molecule has 0 aliphatic carbocycles. The van der Waals surface area contributed by atoms with E-state index in [1.54, 1.807) is 0 Å². The zero-order valence-electron chi connectivity index (χ0n) is 10.2. The van der Waals surface area contributed by atoms with Gasteiger partial charge in [0.25, 0.3) is 0 Å². The summed E-state index contributed by atoms with van der Waals surface area (Å²) in [6.07, 6.45) is 4.05. The summed E-state index contributed by atoms with van der Waals surface area (Å²) in [5.74, 6) is 0.974. The van der Waals surface area contributed by atoms with Crippen molar-refractivity contribution in [3.05, 3.63) is 23.8 Å². The van der Waals surface area contributed by atoms with Crippen molar-refractivity contribution in [2.24, 2.45) is 0 Å². The van der Waals surface area contributed by atoms with Crippen LogP contribution in [0.5, 0.6) is 0 Å². The van der Waals surface area contributed by atoms with Gasteiger partial charge in [-0.05, 0) is 13.8 Å². The predicted octanol–water partition coefficient (Wildman–Crippen LogP) is 1.18. The highest BCUT2D eigenvalue weighted by Gasteiger charge is 2.17.